The Kier molecular flexibility index (Phi) is 4.98. The molecule has 0 amide bonds. The van der Waals surface area contributed by atoms with Crippen molar-refractivity contribution in [3.05, 3.63) is 71.4 Å². The number of halogens is 3. The Bertz CT molecular complexity index is 959. The Morgan fingerprint density at radius 1 is 0.964 bits per heavy atom. The first-order valence-corrected chi connectivity index (χ1v) is 9.43. The highest BCUT2D eigenvalue weighted by Crippen LogP contribution is 2.33. The minimum atomic E-state index is -4.28. The van der Waals surface area contributed by atoms with E-state index in [0.717, 1.165) is 60.3 Å². The van der Waals surface area contributed by atoms with Gasteiger partial charge >= 0.3 is 6.18 Å². The Labute approximate surface area is 162 Å². The standard InChI is InChI=1S/C22H22F3N3/c23-22(24,25)18-4-1-15(2-5-18)16-9-11-28(12-10-16)14-20-7-3-17-13-19(26)6-8-21(17)27-20/h1-8,13,16H,9-12,14,26H2. The Morgan fingerprint density at radius 2 is 1.68 bits per heavy atom. The quantitative estimate of drug-likeness (QED) is 0.629. The lowest BCUT2D eigenvalue weighted by Crippen LogP contribution is -2.32. The molecule has 2 aromatic carbocycles. The van der Waals surface area contributed by atoms with Crippen molar-refractivity contribution in [2.75, 3.05) is 18.8 Å². The van der Waals surface area contributed by atoms with Crippen LogP contribution in [0.1, 0.15) is 35.6 Å². The molecule has 0 bridgehead atoms. The molecular formula is C22H22F3N3. The van der Waals surface area contributed by atoms with Gasteiger partial charge in [0.25, 0.3) is 0 Å². The van der Waals surface area contributed by atoms with E-state index in [0.29, 0.717) is 5.92 Å². The number of nitrogens with zero attached hydrogens (tertiary/aromatic N) is 2. The van der Waals surface area contributed by atoms with Gasteiger partial charge in [-0.05, 0) is 73.8 Å². The van der Waals surface area contributed by atoms with Crippen molar-refractivity contribution in [2.24, 2.45) is 0 Å². The van der Waals surface area contributed by atoms with Crippen LogP contribution in [0, 0.1) is 0 Å². The fraction of sp³-hybridized carbons (Fsp3) is 0.318. The molecule has 1 aliphatic heterocycles. The number of alkyl halides is 3. The Balaban J connectivity index is 1.37. The second kappa shape index (κ2) is 7.43. The van der Waals surface area contributed by atoms with E-state index < -0.39 is 11.7 Å². The molecule has 0 aliphatic carbocycles. The number of hydrogen-bond donors (Lipinski definition) is 1. The largest absolute Gasteiger partial charge is 0.416 e. The summed E-state index contributed by atoms with van der Waals surface area (Å²) in [7, 11) is 0. The van der Waals surface area contributed by atoms with E-state index in [2.05, 4.69) is 4.90 Å². The van der Waals surface area contributed by atoms with Crippen molar-refractivity contribution in [1.29, 1.82) is 0 Å². The molecule has 2 heterocycles. The first-order valence-electron chi connectivity index (χ1n) is 9.43. The van der Waals surface area contributed by atoms with Gasteiger partial charge in [0.1, 0.15) is 0 Å². The summed E-state index contributed by atoms with van der Waals surface area (Å²) in [6.07, 6.45) is -2.40. The highest BCUT2D eigenvalue weighted by Gasteiger charge is 2.30. The molecule has 6 heteroatoms. The fourth-order valence-corrected chi connectivity index (χ4v) is 3.87. The molecule has 0 unspecified atom stereocenters. The highest BCUT2D eigenvalue weighted by atomic mass is 19.4. The number of piperidine rings is 1. The number of nitrogen functional groups attached to an aromatic ring is 1. The lowest BCUT2D eigenvalue weighted by atomic mass is 9.89. The van der Waals surface area contributed by atoms with Crippen molar-refractivity contribution in [3.8, 4) is 0 Å². The lowest BCUT2D eigenvalue weighted by molar-refractivity contribution is -0.137. The van der Waals surface area contributed by atoms with E-state index in [-0.39, 0.29) is 0 Å². The third-order valence-corrected chi connectivity index (χ3v) is 5.45. The molecule has 0 saturated carbocycles. The van der Waals surface area contributed by atoms with E-state index in [1.165, 1.54) is 12.1 Å². The van der Waals surface area contributed by atoms with Crippen LogP contribution >= 0.6 is 0 Å². The fourth-order valence-electron chi connectivity index (χ4n) is 3.87. The number of pyridine rings is 1. The molecule has 0 radical (unpaired) electrons. The van der Waals surface area contributed by atoms with E-state index >= 15 is 0 Å². The molecule has 3 aromatic rings. The maximum absolute atomic E-state index is 12.7. The predicted octanol–water partition coefficient (Wildman–Crippen LogP) is 5.22. The molecule has 4 rings (SSSR count). The van der Waals surface area contributed by atoms with Crippen LogP contribution in [-0.2, 0) is 12.7 Å². The van der Waals surface area contributed by atoms with Gasteiger partial charge in [-0.1, -0.05) is 18.2 Å². The number of rotatable bonds is 3. The van der Waals surface area contributed by atoms with Gasteiger partial charge in [-0.3, -0.25) is 9.88 Å². The Hall–Kier alpha value is -2.60. The second-order valence-electron chi connectivity index (χ2n) is 7.42. The third-order valence-electron chi connectivity index (χ3n) is 5.45. The summed E-state index contributed by atoms with van der Waals surface area (Å²) in [6.45, 7) is 2.60. The zero-order valence-corrected chi connectivity index (χ0v) is 15.4. The third kappa shape index (κ3) is 4.12. The molecule has 0 spiro atoms. The summed E-state index contributed by atoms with van der Waals surface area (Å²) in [6, 6.07) is 15.4. The van der Waals surface area contributed by atoms with Crippen LogP contribution in [-0.4, -0.2) is 23.0 Å². The number of hydrogen-bond acceptors (Lipinski definition) is 3. The number of likely N-dealkylation sites (tertiary alicyclic amines) is 1. The van der Waals surface area contributed by atoms with Gasteiger partial charge in [0.15, 0.2) is 0 Å². The van der Waals surface area contributed by atoms with Crippen LogP contribution in [0.15, 0.2) is 54.6 Å². The van der Waals surface area contributed by atoms with Gasteiger partial charge in [-0.25, -0.2) is 0 Å². The van der Waals surface area contributed by atoms with Crippen LogP contribution in [0.4, 0.5) is 18.9 Å². The number of nitrogens with two attached hydrogens (primary N) is 1. The SMILES string of the molecule is Nc1ccc2nc(CN3CCC(c4ccc(C(F)(F)F)cc4)CC3)ccc2c1. The minimum absolute atomic E-state index is 0.311. The monoisotopic (exact) mass is 385 g/mol. The highest BCUT2D eigenvalue weighted by molar-refractivity contribution is 5.81. The summed E-state index contributed by atoms with van der Waals surface area (Å²) in [4.78, 5) is 7.07. The second-order valence-corrected chi connectivity index (χ2v) is 7.42. The molecule has 2 N–H and O–H groups in total. The zero-order chi connectivity index (χ0) is 19.7. The summed E-state index contributed by atoms with van der Waals surface area (Å²) < 4.78 is 38.2. The van der Waals surface area contributed by atoms with Gasteiger partial charge in [0, 0.05) is 17.6 Å². The molecule has 1 fully saturated rings. The van der Waals surface area contributed by atoms with Crippen molar-refractivity contribution >= 4 is 16.6 Å². The first-order chi connectivity index (χ1) is 13.4. The lowest BCUT2D eigenvalue weighted by Gasteiger charge is -2.32. The van der Waals surface area contributed by atoms with Crippen molar-refractivity contribution in [3.63, 3.8) is 0 Å². The maximum atomic E-state index is 12.7. The summed E-state index contributed by atoms with van der Waals surface area (Å²) in [5.74, 6) is 0.311. The number of fused-ring (bicyclic) bond motifs is 1. The molecule has 28 heavy (non-hydrogen) atoms. The molecular weight excluding hydrogens is 363 g/mol. The summed E-state index contributed by atoms with van der Waals surface area (Å²) in [5, 5.41) is 1.03. The molecule has 146 valence electrons. The van der Waals surface area contributed by atoms with Gasteiger partial charge < -0.3 is 5.73 Å². The zero-order valence-electron chi connectivity index (χ0n) is 15.4. The molecule has 1 saturated heterocycles. The van der Waals surface area contributed by atoms with Gasteiger partial charge in [-0.2, -0.15) is 13.2 Å². The van der Waals surface area contributed by atoms with Crippen LogP contribution in [0.2, 0.25) is 0 Å². The van der Waals surface area contributed by atoms with Crippen molar-refractivity contribution < 1.29 is 13.2 Å². The van der Waals surface area contributed by atoms with E-state index in [1.807, 2.05) is 30.3 Å². The molecule has 3 nitrogen and oxygen atoms in total. The average Bonchev–Trinajstić information content (AvgIpc) is 2.68. The van der Waals surface area contributed by atoms with Gasteiger partial charge in [-0.15, -0.1) is 0 Å². The first kappa shape index (κ1) is 18.7. The van der Waals surface area contributed by atoms with Gasteiger partial charge in [0.2, 0.25) is 0 Å². The smallest absolute Gasteiger partial charge is 0.399 e. The van der Waals surface area contributed by atoms with Crippen molar-refractivity contribution in [1.82, 2.24) is 9.88 Å². The molecule has 0 atom stereocenters. The van der Waals surface area contributed by atoms with E-state index in [1.54, 1.807) is 12.1 Å². The van der Waals surface area contributed by atoms with Crippen molar-refractivity contribution in [2.45, 2.75) is 31.5 Å². The van der Waals surface area contributed by atoms with Crippen LogP contribution < -0.4 is 5.73 Å². The Morgan fingerprint density at radius 3 is 2.36 bits per heavy atom. The number of benzene rings is 2. The van der Waals surface area contributed by atoms with E-state index in [9.17, 15) is 13.2 Å². The minimum Gasteiger partial charge on any atom is -0.399 e. The summed E-state index contributed by atoms with van der Waals surface area (Å²) >= 11 is 0. The normalized spacial score (nSPS) is 16.5. The van der Waals surface area contributed by atoms with Crippen LogP contribution in [0.5, 0.6) is 0 Å². The summed E-state index contributed by atoms with van der Waals surface area (Å²) in [5.41, 5.74) is 8.90. The van der Waals surface area contributed by atoms with Gasteiger partial charge in [0.05, 0.1) is 16.8 Å². The molecule has 1 aromatic heterocycles. The van der Waals surface area contributed by atoms with Crippen LogP contribution in [0.3, 0.4) is 0 Å². The van der Waals surface area contributed by atoms with E-state index in [4.69, 9.17) is 10.7 Å². The maximum Gasteiger partial charge on any atom is 0.416 e. The topological polar surface area (TPSA) is 42.1 Å². The predicted molar refractivity (Wildman–Crippen MR) is 105 cm³/mol. The number of aromatic nitrogens is 1. The van der Waals surface area contributed by atoms with Crippen LogP contribution in [0.25, 0.3) is 10.9 Å². The molecule has 1 aliphatic rings. The average molecular weight is 385 g/mol. The number of anilines is 1.